The maximum atomic E-state index is 9.01. The van der Waals surface area contributed by atoms with Crippen molar-refractivity contribution in [2.45, 2.75) is 38.1 Å². The van der Waals surface area contributed by atoms with E-state index in [9.17, 15) is 0 Å². The Morgan fingerprint density at radius 2 is 2.38 bits per heavy atom. The largest absolute Gasteiger partial charge is 0.340 e. The molecule has 2 rings (SSSR count). The molecule has 2 atom stereocenters. The number of nitrogens with one attached hydrogen (secondary N) is 1. The predicted octanol–water partition coefficient (Wildman–Crippen LogP) is 1.28. The molecule has 1 aromatic rings. The lowest BCUT2D eigenvalue weighted by atomic mass is 9.85. The summed E-state index contributed by atoms with van der Waals surface area (Å²) in [6.45, 7) is 0.797. The van der Waals surface area contributed by atoms with Gasteiger partial charge in [-0.15, -0.1) is 0 Å². The van der Waals surface area contributed by atoms with Crippen molar-refractivity contribution in [2.24, 2.45) is 5.92 Å². The molecule has 1 aliphatic carbocycles. The van der Waals surface area contributed by atoms with Crippen molar-refractivity contribution < 1.29 is 4.52 Å². The lowest BCUT2D eigenvalue weighted by molar-refractivity contribution is 0.307. The van der Waals surface area contributed by atoms with Gasteiger partial charge in [-0.3, -0.25) is 0 Å². The normalized spacial score (nSPS) is 25.2. The molecule has 1 aliphatic rings. The first-order chi connectivity index (χ1) is 7.90. The summed E-state index contributed by atoms with van der Waals surface area (Å²) in [6, 6.07) is 2.72. The average Bonchev–Trinajstić information content (AvgIpc) is 2.83. The molecule has 1 fully saturated rings. The van der Waals surface area contributed by atoms with Gasteiger partial charge in [-0.1, -0.05) is 18.0 Å². The van der Waals surface area contributed by atoms with Gasteiger partial charge in [0.1, 0.15) is 0 Å². The molecule has 0 spiro atoms. The third-order valence-electron chi connectivity index (χ3n) is 3.08. The van der Waals surface area contributed by atoms with E-state index < -0.39 is 0 Å². The van der Waals surface area contributed by atoms with Crippen LogP contribution in [0.5, 0.6) is 0 Å². The van der Waals surface area contributed by atoms with Gasteiger partial charge in [0.2, 0.25) is 5.89 Å². The molecule has 5 heteroatoms. The van der Waals surface area contributed by atoms with Crippen LogP contribution in [0.25, 0.3) is 0 Å². The zero-order valence-corrected chi connectivity index (χ0v) is 9.22. The quantitative estimate of drug-likeness (QED) is 0.827. The third-order valence-corrected chi connectivity index (χ3v) is 3.08. The monoisotopic (exact) mass is 220 g/mol. The van der Waals surface area contributed by atoms with Crippen molar-refractivity contribution >= 4 is 0 Å². The highest BCUT2D eigenvalue weighted by atomic mass is 16.5. The van der Waals surface area contributed by atoms with E-state index in [1.165, 1.54) is 19.2 Å². The van der Waals surface area contributed by atoms with Crippen LogP contribution in [0.1, 0.15) is 31.6 Å². The van der Waals surface area contributed by atoms with Crippen LogP contribution in [0.4, 0.5) is 0 Å². The van der Waals surface area contributed by atoms with Crippen molar-refractivity contribution in [3.05, 3.63) is 12.2 Å². The lowest BCUT2D eigenvalue weighted by Crippen LogP contribution is -2.38. The van der Waals surface area contributed by atoms with Crippen LogP contribution in [-0.2, 0) is 6.42 Å². The van der Waals surface area contributed by atoms with Crippen molar-refractivity contribution in [3.63, 3.8) is 0 Å². The number of rotatable bonds is 4. The van der Waals surface area contributed by atoms with Gasteiger partial charge in [-0.2, -0.15) is 10.2 Å². The van der Waals surface area contributed by atoms with Gasteiger partial charge in [0.05, 0.1) is 12.0 Å². The molecule has 0 radical (unpaired) electrons. The number of hydrogen-bond acceptors (Lipinski definition) is 5. The molecule has 86 valence electrons. The molecule has 1 heterocycles. The second kappa shape index (κ2) is 5.61. The number of nitriles is 1. The van der Waals surface area contributed by atoms with Gasteiger partial charge < -0.3 is 9.84 Å². The molecule has 0 saturated heterocycles. The van der Waals surface area contributed by atoms with Crippen LogP contribution in [0.2, 0.25) is 0 Å². The van der Waals surface area contributed by atoms with Crippen LogP contribution in [-0.4, -0.2) is 22.7 Å². The minimum Gasteiger partial charge on any atom is -0.340 e. The van der Waals surface area contributed by atoms with Crippen LogP contribution in [0.15, 0.2) is 10.9 Å². The third kappa shape index (κ3) is 2.80. The standard InChI is InChI=1S/C11H16N4O/c12-7-9-3-1-2-4-10(9)13-6-5-11-14-8-15-16-11/h8-10,13H,1-6H2. The summed E-state index contributed by atoms with van der Waals surface area (Å²) in [5.41, 5.74) is 0. The lowest BCUT2D eigenvalue weighted by Gasteiger charge is -2.27. The zero-order chi connectivity index (χ0) is 11.2. The van der Waals surface area contributed by atoms with Crippen molar-refractivity contribution in [1.29, 1.82) is 5.26 Å². The van der Waals surface area contributed by atoms with Gasteiger partial charge in [-0.25, -0.2) is 0 Å². The molecule has 0 bridgehead atoms. The van der Waals surface area contributed by atoms with E-state index >= 15 is 0 Å². The topological polar surface area (TPSA) is 74.7 Å². The van der Waals surface area contributed by atoms with Gasteiger partial charge >= 0.3 is 0 Å². The summed E-state index contributed by atoms with van der Waals surface area (Å²) in [5.74, 6) is 0.813. The summed E-state index contributed by atoms with van der Waals surface area (Å²) in [6.07, 6.45) is 6.66. The van der Waals surface area contributed by atoms with Gasteiger partial charge in [-0.05, 0) is 12.8 Å². The van der Waals surface area contributed by atoms with E-state index in [4.69, 9.17) is 9.78 Å². The van der Waals surface area contributed by atoms with Crippen LogP contribution < -0.4 is 5.32 Å². The molecule has 0 amide bonds. The van der Waals surface area contributed by atoms with Crippen molar-refractivity contribution in [2.75, 3.05) is 6.54 Å². The molecule has 1 saturated carbocycles. The summed E-state index contributed by atoms with van der Waals surface area (Å²) in [4.78, 5) is 3.96. The van der Waals surface area contributed by atoms with E-state index in [2.05, 4.69) is 21.5 Å². The van der Waals surface area contributed by atoms with E-state index in [0.717, 1.165) is 25.8 Å². The maximum Gasteiger partial charge on any atom is 0.227 e. The SMILES string of the molecule is N#CC1CCCCC1NCCc1ncno1. The minimum atomic E-state index is 0.163. The van der Waals surface area contributed by atoms with Crippen molar-refractivity contribution in [3.8, 4) is 6.07 Å². The number of hydrogen-bond donors (Lipinski definition) is 1. The minimum absolute atomic E-state index is 0.163. The Morgan fingerprint density at radius 1 is 1.50 bits per heavy atom. The summed E-state index contributed by atoms with van der Waals surface area (Å²) in [7, 11) is 0. The first-order valence-electron chi connectivity index (χ1n) is 5.78. The predicted molar refractivity (Wildman–Crippen MR) is 57.4 cm³/mol. The fraction of sp³-hybridized carbons (Fsp3) is 0.727. The molecular weight excluding hydrogens is 204 g/mol. The number of nitrogens with zero attached hydrogens (tertiary/aromatic N) is 3. The highest BCUT2D eigenvalue weighted by Crippen LogP contribution is 2.23. The van der Waals surface area contributed by atoms with E-state index in [1.54, 1.807) is 0 Å². The first kappa shape index (κ1) is 11.1. The zero-order valence-electron chi connectivity index (χ0n) is 9.22. The molecule has 16 heavy (non-hydrogen) atoms. The van der Waals surface area contributed by atoms with Gasteiger partial charge in [0, 0.05) is 19.0 Å². The maximum absolute atomic E-state index is 9.01. The molecule has 1 aromatic heterocycles. The molecule has 1 N–H and O–H groups in total. The Hall–Kier alpha value is -1.41. The Bertz CT molecular complexity index is 343. The van der Waals surface area contributed by atoms with Crippen LogP contribution in [0.3, 0.4) is 0 Å². The van der Waals surface area contributed by atoms with E-state index in [1.807, 2.05) is 0 Å². The first-order valence-corrected chi connectivity index (χ1v) is 5.78. The fourth-order valence-corrected chi connectivity index (χ4v) is 2.20. The van der Waals surface area contributed by atoms with Crippen molar-refractivity contribution in [1.82, 2.24) is 15.5 Å². The highest BCUT2D eigenvalue weighted by molar-refractivity contribution is 4.94. The van der Waals surface area contributed by atoms with Gasteiger partial charge in [0.15, 0.2) is 6.33 Å². The fourth-order valence-electron chi connectivity index (χ4n) is 2.20. The second-order valence-electron chi connectivity index (χ2n) is 4.17. The molecule has 2 unspecified atom stereocenters. The second-order valence-corrected chi connectivity index (χ2v) is 4.17. The Labute approximate surface area is 94.8 Å². The summed E-state index contributed by atoms with van der Waals surface area (Å²) >= 11 is 0. The smallest absolute Gasteiger partial charge is 0.227 e. The average molecular weight is 220 g/mol. The van der Waals surface area contributed by atoms with Crippen LogP contribution >= 0.6 is 0 Å². The van der Waals surface area contributed by atoms with E-state index in [0.29, 0.717) is 11.9 Å². The Morgan fingerprint density at radius 3 is 3.12 bits per heavy atom. The Balaban J connectivity index is 1.74. The Kier molecular flexibility index (Phi) is 3.89. The van der Waals surface area contributed by atoms with Crippen LogP contribution in [0, 0.1) is 17.2 Å². The number of aromatic nitrogens is 2. The molecule has 5 nitrogen and oxygen atoms in total. The molecule has 0 aromatic carbocycles. The van der Waals surface area contributed by atoms with Gasteiger partial charge in [0.25, 0.3) is 0 Å². The molecular formula is C11H16N4O. The summed E-state index contributed by atoms with van der Waals surface area (Å²) in [5, 5.41) is 16.0. The van der Waals surface area contributed by atoms with E-state index in [-0.39, 0.29) is 5.92 Å². The molecule has 0 aliphatic heterocycles. The summed E-state index contributed by atoms with van der Waals surface area (Å²) < 4.78 is 4.91. The highest BCUT2D eigenvalue weighted by Gasteiger charge is 2.24.